The lowest BCUT2D eigenvalue weighted by atomic mass is 9.87. The number of carbonyl (C=O) groups excluding carboxylic acids is 1. The molecule has 0 bridgehead atoms. The molecule has 27 heavy (non-hydrogen) atoms. The van der Waals surface area contributed by atoms with Gasteiger partial charge in [-0.1, -0.05) is 54.9 Å². The van der Waals surface area contributed by atoms with Gasteiger partial charge in [0.1, 0.15) is 5.75 Å². The van der Waals surface area contributed by atoms with Gasteiger partial charge in [-0.25, -0.2) is 5.43 Å². The number of nitrogens with one attached hydrogen (secondary N) is 1. The number of amides is 1. The zero-order valence-electron chi connectivity index (χ0n) is 15.8. The number of benzene rings is 2. The third kappa shape index (κ3) is 7.46. The molecule has 1 amide bonds. The van der Waals surface area contributed by atoms with Gasteiger partial charge < -0.3 is 4.74 Å². The molecule has 2 rings (SSSR count). The molecule has 0 fully saturated rings. The van der Waals surface area contributed by atoms with Crippen LogP contribution in [0.4, 0.5) is 0 Å². The average molecular weight is 496 g/mol. The molecule has 0 aliphatic rings. The summed E-state index contributed by atoms with van der Waals surface area (Å²) in [5.74, 6) is 0.656. The molecule has 0 atom stereocenters. The van der Waals surface area contributed by atoms with Crippen LogP contribution in [0.1, 0.15) is 44.7 Å². The molecule has 144 valence electrons. The van der Waals surface area contributed by atoms with Gasteiger partial charge in [-0.15, -0.1) is 0 Å². The van der Waals surface area contributed by atoms with Crippen molar-refractivity contribution in [2.75, 3.05) is 6.61 Å². The highest BCUT2D eigenvalue weighted by molar-refractivity contribution is 9.10. The minimum Gasteiger partial charge on any atom is -0.492 e. The van der Waals surface area contributed by atoms with Gasteiger partial charge in [0.15, 0.2) is 0 Å². The Kier molecular flexibility index (Phi) is 8.05. The van der Waals surface area contributed by atoms with Gasteiger partial charge in [-0.2, -0.15) is 5.10 Å². The molecule has 1 N–H and O–H groups in total. The fourth-order valence-corrected chi connectivity index (χ4v) is 3.23. The van der Waals surface area contributed by atoms with Crippen LogP contribution < -0.4 is 10.2 Å². The van der Waals surface area contributed by atoms with Gasteiger partial charge in [0.25, 0.3) is 0 Å². The van der Waals surface area contributed by atoms with E-state index in [1.807, 2.05) is 30.3 Å². The molecule has 0 saturated carbocycles. The second-order valence-electron chi connectivity index (χ2n) is 7.20. The SMILES string of the molecule is CC(C)(C)c1ccc(OCCCC(=O)N/N=C/c2cccc(Br)c2)c(Br)c1. The van der Waals surface area contributed by atoms with Crippen molar-refractivity contribution in [2.45, 2.75) is 39.0 Å². The van der Waals surface area contributed by atoms with E-state index in [-0.39, 0.29) is 11.3 Å². The quantitative estimate of drug-likeness (QED) is 0.299. The Balaban J connectivity index is 1.72. The molecule has 2 aromatic rings. The number of nitrogens with zero attached hydrogens (tertiary/aromatic N) is 1. The Labute approximate surface area is 177 Å². The molecule has 0 spiro atoms. The molecule has 0 aromatic heterocycles. The standard InChI is InChI=1S/C21H24Br2N2O2/c1-21(2,3)16-9-10-19(18(23)13-16)27-11-5-8-20(26)25-24-14-15-6-4-7-17(22)12-15/h4,6-7,9-10,12-14H,5,8,11H2,1-3H3,(H,25,26)/b24-14+. The van der Waals surface area contributed by atoms with Crippen molar-refractivity contribution < 1.29 is 9.53 Å². The number of carbonyl (C=O) groups is 1. The molecule has 0 unspecified atom stereocenters. The number of ether oxygens (including phenoxy) is 1. The molecule has 0 heterocycles. The molecule has 0 radical (unpaired) electrons. The molecular formula is C21H24Br2N2O2. The van der Waals surface area contributed by atoms with Crippen molar-refractivity contribution in [3.63, 3.8) is 0 Å². The summed E-state index contributed by atoms with van der Waals surface area (Å²) in [7, 11) is 0. The number of hydrazone groups is 1. The van der Waals surface area contributed by atoms with E-state index in [1.165, 1.54) is 5.56 Å². The van der Waals surface area contributed by atoms with Crippen molar-refractivity contribution >= 4 is 44.0 Å². The molecular weight excluding hydrogens is 472 g/mol. The van der Waals surface area contributed by atoms with Crippen molar-refractivity contribution in [3.8, 4) is 5.75 Å². The third-order valence-electron chi connectivity index (χ3n) is 3.86. The first-order valence-corrected chi connectivity index (χ1v) is 10.3. The maximum atomic E-state index is 11.8. The lowest BCUT2D eigenvalue weighted by Gasteiger charge is -2.20. The van der Waals surface area contributed by atoms with Crippen LogP contribution in [0.3, 0.4) is 0 Å². The topological polar surface area (TPSA) is 50.7 Å². The molecule has 0 saturated heterocycles. The number of hydrogen-bond donors (Lipinski definition) is 1. The fraction of sp³-hybridized carbons (Fsp3) is 0.333. The first-order chi connectivity index (χ1) is 12.8. The molecule has 6 heteroatoms. The average Bonchev–Trinajstić information content (AvgIpc) is 2.59. The summed E-state index contributed by atoms with van der Waals surface area (Å²) in [5, 5.41) is 3.97. The maximum absolute atomic E-state index is 11.8. The summed E-state index contributed by atoms with van der Waals surface area (Å²) in [5.41, 5.74) is 4.78. The fourth-order valence-electron chi connectivity index (χ4n) is 2.32. The lowest BCUT2D eigenvalue weighted by molar-refractivity contribution is -0.121. The zero-order chi connectivity index (χ0) is 19.9. The highest BCUT2D eigenvalue weighted by atomic mass is 79.9. The van der Waals surface area contributed by atoms with Crippen LogP contribution in [0.2, 0.25) is 0 Å². The van der Waals surface area contributed by atoms with Gasteiger partial charge in [-0.3, -0.25) is 4.79 Å². The van der Waals surface area contributed by atoms with Gasteiger partial charge in [0.2, 0.25) is 5.91 Å². The minimum atomic E-state index is -0.132. The van der Waals surface area contributed by atoms with Crippen LogP contribution in [0.15, 0.2) is 56.5 Å². The first kappa shape index (κ1) is 21.6. The predicted octanol–water partition coefficient (Wildman–Crippen LogP) is 5.82. The van der Waals surface area contributed by atoms with E-state index < -0.39 is 0 Å². The summed E-state index contributed by atoms with van der Waals surface area (Å²) >= 11 is 6.95. The maximum Gasteiger partial charge on any atom is 0.240 e. The highest BCUT2D eigenvalue weighted by Crippen LogP contribution is 2.31. The van der Waals surface area contributed by atoms with E-state index in [1.54, 1.807) is 6.21 Å². The van der Waals surface area contributed by atoms with Crippen LogP contribution in [0, 0.1) is 0 Å². The van der Waals surface area contributed by atoms with Crippen molar-refractivity contribution in [2.24, 2.45) is 5.10 Å². The summed E-state index contributed by atoms with van der Waals surface area (Å²) in [6.07, 6.45) is 2.59. The Morgan fingerprint density at radius 3 is 2.63 bits per heavy atom. The molecule has 0 aliphatic carbocycles. The van der Waals surface area contributed by atoms with Crippen LogP contribution in [0.5, 0.6) is 5.75 Å². The highest BCUT2D eigenvalue weighted by Gasteiger charge is 2.15. The van der Waals surface area contributed by atoms with Crippen LogP contribution in [0.25, 0.3) is 0 Å². The third-order valence-corrected chi connectivity index (χ3v) is 4.97. The largest absolute Gasteiger partial charge is 0.492 e. The summed E-state index contributed by atoms with van der Waals surface area (Å²) in [4.78, 5) is 11.8. The van der Waals surface area contributed by atoms with Gasteiger partial charge in [0, 0.05) is 10.9 Å². The Morgan fingerprint density at radius 1 is 1.19 bits per heavy atom. The van der Waals surface area contributed by atoms with E-state index in [2.05, 4.69) is 75.3 Å². The van der Waals surface area contributed by atoms with Gasteiger partial charge in [0.05, 0.1) is 17.3 Å². The number of halogens is 2. The lowest BCUT2D eigenvalue weighted by Crippen LogP contribution is -2.18. The monoisotopic (exact) mass is 494 g/mol. The summed E-state index contributed by atoms with van der Waals surface area (Å²) < 4.78 is 7.67. The van der Waals surface area contributed by atoms with E-state index >= 15 is 0 Å². The van der Waals surface area contributed by atoms with Crippen molar-refractivity contribution in [1.82, 2.24) is 5.43 Å². The van der Waals surface area contributed by atoms with Gasteiger partial charge in [-0.05, 0) is 63.2 Å². The second kappa shape index (κ2) is 10.0. The van der Waals surface area contributed by atoms with Crippen LogP contribution in [-0.2, 0) is 10.2 Å². The van der Waals surface area contributed by atoms with Crippen LogP contribution >= 0.6 is 31.9 Å². The number of hydrogen-bond acceptors (Lipinski definition) is 3. The van der Waals surface area contributed by atoms with E-state index in [0.29, 0.717) is 19.4 Å². The minimum absolute atomic E-state index is 0.0927. The Bertz CT molecular complexity index is 814. The second-order valence-corrected chi connectivity index (χ2v) is 8.97. The number of rotatable bonds is 7. The van der Waals surface area contributed by atoms with Crippen molar-refractivity contribution in [1.29, 1.82) is 0 Å². The first-order valence-electron chi connectivity index (χ1n) is 8.76. The Hall–Kier alpha value is -1.66. The Morgan fingerprint density at radius 2 is 1.96 bits per heavy atom. The van der Waals surface area contributed by atoms with Crippen LogP contribution in [-0.4, -0.2) is 18.7 Å². The zero-order valence-corrected chi connectivity index (χ0v) is 18.9. The van der Waals surface area contributed by atoms with E-state index in [9.17, 15) is 4.79 Å². The summed E-state index contributed by atoms with van der Waals surface area (Å²) in [6, 6.07) is 13.8. The van der Waals surface area contributed by atoms with E-state index in [4.69, 9.17) is 4.74 Å². The predicted molar refractivity (Wildman–Crippen MR) is 117 cm³/mol. The summed E-state index contributed by atoms with van der Waals surface area (Å²) in [6.45, 7) is 6.99. The smallest absolute Gasteiger partial charge is 0.240 e. The molecule has 4 nitrogen and oxygen atoms in total. The van der Waals surface area contributed by atoms with E-state index in [0.717, 1.165) is 20.3 Å². The normalized spacial score (nSPS) is 11.6. The van der Waals surface area contributed by atoms with Gasteiger partial charge >= 0.3 is 0 Å². The molecule has 2 aromatic carbocycles. The molecule has 0 aliphatic heterocycles. The van der Waals surface area contributed by atoms with Crippen molar-refractivity contribution in [3.05, 3.63) is 62.5 Å².